The van der Waals surface area contributed by atoms with E-state index in [1.54, 1.807) is 6.20 Å². The molecule has 1 fully saturated rings. The molecule has 3 rings (SSSR count). The van der Waals surface area contributed by atoms with Crippen LogP contribution in [0.2, 0.25) is 0 Å². The van der Waals surface area contributed by atoms with Gasteiger partial charge in [-0.15, -0.1) is 0 Å². The lowest BCUT2D eigenvalue weighted by atomic mass is 9.99. The number of nitrogens with zero attached hydrogens (tertiary/aromatic N) is 5. The Bertz CT molecular complexity index is 589. The Morgan fingerprint density at radius 2 is 2.27 bits per heavy atom. The fraction of sp³-hybridized carbons (Fsp3) is 0.533. The molecule has 0 radical (unpaired) electrons. The van der Waals surface area contributed by atoms with E-state index in [9.17, 15) is 0 Å². The minimum Gasteiger partial charge on any atom is -0.470 e. The number of thiazole rings is 1. The van der Waals surface area contributed by atoms with Crippen molar-refractivity contribution in [2.45, 2.75) is 12.8 Å². The Hall–Kier alpha value is -1.89. The van der Waals surface area contributed by atoms with Gasteiger partial charge in [0.05, 0.1) is 6.61 Å². The summed E-state index contributed by atoms with van der Waals surface area (Å²) in [4.78, 5) is 17.5. The number of aromatic nitrogens is 3. The SMILES string of the molecule is CN(C)c1ccnc(N2CCCC(COc3nccs3)C2)n1. The van der Waals surface area contributed by atoms with Crippen LogP contribution in [0.5, 0.6) is 5.19 Å². The van der Waals surface area contributed by atoms with Gasteiger partial charge in [0.2, 0.25) is 5.95 Å². The van der Waals surface area contributed by atoms with Crippen LogP contribution in [0.4, 0.5) is 11.8 Å². The van der Waals surface area contributed by atoms with Gasteiger partial charge in [-0.25, -0.2) is 9.97 Å². The first-order chi connectivity index (χ1) is 10.7. The zero-order chi connectivity index (χ0) is 15.4. The molecule has 6 nitrogen and oxygen atoms in total. The molecule has 0 aliphatic carbocycles. The Labute approximate surface area is 134 Å². The maximum Gasteiger partial charge on any atom is 0.273 e. The van der Waals surface area contributed by atoms with Crippen LogP contribution in [0.3, 0.4) is 0 Å². The van der Waals surface area contributed by atoms with Gasteiger partial charge in [0.25, 0.3) is 5.19 Å². The molecule has 2 aromatic rings. The van der Waals surface area contributed by atoms with Crippen LogP contribution in [-0.4, -0.2) is 48.7 Å². The first kappa shape index (κ1) is 15.0. The summed E-state index contributed by atoms with van der Waals surface area (Å²) in [5, 5.41) is 2.69. The third-order valence-electron chi connectivity index (χ3n) is 3.74. The van der Waals surface area contributed by atoms with Crippen molar-refractivity contribution in [2.24, 2.45) is 5.92 Å². The van der Waals surface area contributed by atoms with E-state index in [-0.39, 0.29) is 0 Å². The summed E-state index contributed by atoms with van der Waals surface area (Å²) in [7, 11) is 3.99. The van der Waals surface area contributed by atoms with Crippen molar-refractivity contribution in [3.05, 3.63) is 23.8 Å². The van der Waals surface area contributed by atoms with Crippen molar-refractivity contribution in [2.75, 3.05) is 43.6 Å². The normalized spacial score (nSPS) is 18.3. The second-order valence-electron chi connectivity index (χ2n) is 5.67. The Morgan fingerprint density at radius 1 is 1.36 bits per heavy atom. The molecule has 3 heterocycles. The van der Waals surface area contributed by atoms with Gasteiger partial charge in [0.15, 0.2) is 0 Å². The van der Waals surface area contributed by atoms with Gasteiger partial charge < -0.3 is 14.5 Å². The van der Waals surface area contributed by atoms with Gasteiger partial charge in [0, 0.05) is 50.9 Å². The van der Waals surface area contributed by atoms with Crippen LogP contribution >= 0.6 is 11.3 Å². The quantitative estimate of drug-likeness (QED) is 0.843. The zero-order valence-corrected chi connectivity index (χ0v) is 13.8. The maximum atomic E-state index is 5.76. The molecule has 0 bridgehead atoms. The average molecular weight is 319 g/mol. The first-order valence-corrected chi connectivity index (χ1v) is 8.38. The summed E-state index contributed by atoms with van der Waals surface area (Å²) in [6, 6.07) is 1.93. The summed E-state index contributed by atoms with van der Waals surface area (Å²) in [6.45, 7) is 2.64. The van der Waals surface area contributed by atoms with Crippen molar-refractivity contribution < 1.29 is 4.74 Å². The van der Waals surface area contributed by atoms with Crippen LogP contribution in [0.15, 0.2) is 23.8 Å². The van der Waals surface area contributed by atoms with Crippen molar-refractivity contribution in [1.29, 1.82) is 0 Å². The van der Waals surface area contributed by atoms with E-state index in [4.69, 9.17) is 4.74 Å². The maximum absolute atomic E-state index is 5.76. The lowest BCUT2D eigenvalue weighted by Gasteiger charge is -2.32. The molecule has 0 spiro atoms. The van der Waals surface area contributed by atoms with E-state index in [0.717, 1.165) is 36.5 Å². The molecule has 22 heavy (non-hydrogen) atoms. The topological polar surface area (TPSA) is 54.4 Å². The van der Waals surface area contributed by atoms with E-state index in [1.807, 2.05) is 36.6 Å². The summed E-state index contributed by atoms with van der Waals surface area (Å²) >= 11 is 1.54. The largest absolute Gasteiger partial charge is 0.470 e. The zero-order valence-electron chi connectivity index (χ0n) is 13.0. The van der Waals surface area contributed by atoms with Gasteiger partial charge in [-0.3, -0.25) is 0 Å². The molecule has 1 aliphatic rings. The number of ether oxygens (including phenoxy) is 1. The minimum atomic E-state index is 0.490. The number of piperidine rings is 1. The van der Waals surface area contributed by atoms with E-state index < -0.39 is 0 Å². The van der Waals surface area contributed by atoms with Crippen LogP contribution in [0.25, 0.3) is 0 Å². The fourth-order valence-electron chi connectivity index (χ4n) is 2.59. The minimum absolute atomic E-state index is 0.490. The molecule has 0 saturated carbocycles. The Balaban J connectivity index is 1.61. The highest BCUT2D eigenvalue weighted by molar-refractivity contribution is 7.11. The summed E-state index contributed by atoms with van der Waals surface area (Å²) in [6.07, 6.45) is 5.91. The highest BCUT2D eigenvalue weighted by Crippen LogP contribution is 2.23. The molecule has 7 heteroatoms. The lowest BCUT2D eigenvalue weighted by molar-refractivity contribution is 0.227. The van der Waals surface area contributed by atoms with Gasteiger partial charge in [-0.1, -0.05) is 11.3 Å². The number of anilines is 2. The summed E-state index contributed by atoms with van der Waals surface area (Å²) < 4.78 is 5.76. The van der Waals surface area contributed by atoms with Gasteiger partial charge in [0.1, 0.15) is 5.82 Å². The molecular formula is C15H21N5OS. The summed E-state index contributed by atoms with van der Waals surface area (Å²) in [5.41, 5.74) is 0. The second-order valence-corrected chi connectivity index (χ2v) is 6.53. The van der Waals surface area contributed by atoms with E-state index in [1.165, 1.54) is 17.8 Å². The number of hydrogen-bond donors (Lipinski definition) is 0. The van der Waals surface area contributed by atoms with Gasteiger partial charge in [-0.05, 0) is 18.9 Å². The number of hydrogen-bond acceptors (Lipinski definition) is 7. The van der Waals surface area contributed by atoms with Crippen LogP contribution in [0, 0.1) is 5.92 Å². The standard InChI is InChI=1S/C15H21N5OS/c1-19(2)13-5-6-16-14(18-13)20-8-3-4-12(10-20)11-21-15-17-7-9-22-15/h5-7,9,12H,3-4,8,10-11H2,1-2H3. The van der Waals surface area contributed by atoms with Crippen molar-refractivity contribution in [3.8, 4) is 5.19 Å². The first-order valence-electron chi connectivity index (χ1n) is 7.50. The molecule has 1 unspecified atom stereocenters. The average Bonchev–Trinajstić information content (AvgIpc) is 3.07. The van der Waals surface area contributed by atoms with Crippen LogP contribution in [-0.2, 0) is 0 Å². The second kappa shape index (κ2) is 6.91. The van der Waals surface area contributed by atoms with Crippen LogP contribution < -0.4 is 14.5 Å². The Morgan fingerprint density at radius 3 is 3.05 bits per heavy atom. The van der Waals surface area contributed by atoms with E-state index in [2.05, 4.69) is 19.9 Å². The van der Waals surface area contributed by atoms with Crippen molar-refractivity contribution >= 4 is 23.1 Å². The molecule has 118 valence electrons. The van der Waals surface area contributed by atoms with E-state index >= 15 is 0 Å². The monoisotopic (exact) mass is 319 g/mol. The van der Waals surface area contributed by atoms with Crippen molar-refractivity contribution in [1.82, 2.24) is 15.0 Å². The predicted molar refractivity (Wildman–Crippen MR) is 88.9 cm³/mol. The summed E-state index contributed by atoms with van der Waals surface area (Å²) in [5.74, 6) is 2.24. The van der Waals surface area contributed by atoms with Gasteiger partial charge in [-0.2, -0.15) is 4.98 Å². The number of rotatable bonds is 5. The molecule has 1 saturated heterocycles. The van der Waals surface area contributed by atoms with E-state index in [0.29, 0.717) is 12.5 Å². The smallest absolute Gasteiger partial charge is 0.273 e. The fourth-order valence-corrected chi connectivity index (χ4v) is 3.09. The molecular weight excluding hydrogens is 298 g/mol. The van der Waals surface area contributed by atoms with Gasteiger partial charge >= 0.3 is 0 Å². The molecule has 0 aromatic carbocycles. The van der Waals surface area contributed by atoms with Crippen molar-refractivity contribution in [3.63, 3.8) is 0 Å². The molecule has 0 amide bonds. The highest BCUT2D eigenvalue weighted by atomic mass is 32.1. The predicted octanol–water partition coefficient (Wildman–Crippen LogP) is 2.29. The highest BCUT2D eigenvalue weighted by Gasteiger charge is 2.23. The molecule has 1 atom stereocenters. The third-order valence-corrected chi connectivity index (χ3v) is 4.42. The molecule has 1 aliphatic heterocycles. The molecule has 0 N–H and O–H groups in total. The van der Waals surface area contributed by atoms with Crippen LogP contribution in [0.1, 0.15) is 12.8 Å². The molecule has 2 aromatic heterocycles. The Kier molecular flexibility index (Phi) is 4.72. The lowest BCUT2D eigenvalue weighted by Crippen LogP contribution is -2.38. The third kappa shape index (κ3) is 3.65.